The summed E-state index contributed by atoms with van der Waals surface area (Å²) < 4.78 is 10.4. The summed E-state index contributed by atoms with van der Waals surface area (Å²) in [4.78, 5) is 1.98. The molecule has 0 amide bonds. The molecule has 116 valence electrons. The minimum absolute atomic E-state index is 0.660. The highest BCUT2D eigenvalue weighted by Crippen LogP contribution is 2.17. The standard InChI is InChI=1S/C17H20N2O2S/c1-19(12-13-5-4-6-16(11-13)21-3)17(22)18-14-7-9-15(20-2)10-8-14/h4-11H,12H2,1-3H3,(H,18,22). The van der Waals surface area contributed by atoms with Gasteiger partial charge >= 0.3 is 0 Å². The van der Waals surface area contributed by atoms with Gasteiger partial charge in [-0.05, 0) is 54.2 Å². The van der Waals surface area contributed by atoms with Gasteiger partial charge in [0.2, 0.25) is 0 Å². The molecule has 2 aromatic carbocycles. The molecule has 0 atom stereocenters. The van der Waals surface area contributed by atoms with E-state index >= 15 is 0 Å². The summed E-state index contributed by atoms with van der Waals surface area (Å²) in [5, 5.41) is 3.87. The van der Waals surface area contributed by atoms with Gasteiger partial charge in [-0.2, -0.15) is 0 Å². The zero-order valence-electron chi connectivity index (χ0n) is 13.0. The first kappa shape index (κ1) is 16.1. The summed E-state index contributed by atoms with van der Waals surface area (Å²) in [7, 11) is 5.27. The molecule has 5 heteroatoms. The molecule has 0 saturated carbocycles. The second kappa shape index (κ2) is 7.66. The first-order valence-corrected chi connectivity index (χ1v) is 7.32. The number of rotatable bonds is 5. The Morgan fingerprint density at radius 1 is 1.05 bits per heavy atom. The third-order valence-electron chi connectivity index (χ3n) is 3.24. The molecule has 22 heavy (non-hydrogen) atoms. The molecule has 0 bridgehead atoms. The van der Waals surface area contributed by atoms with E-state index in [1.165, 1.54) is 0 Å². The zero-order valence-corrected chi connectivity index (χ0v) is 13.8. The predicted molar refractivity (Wildman–Crippen MR) is 93.7 cm³/mol. The van der Waals surface area contributed by atoms with Crippen LogP contribution >= 0.6 is 12.2 Å². The summed E-state index contributed by atoms with van der Waals surface area (Å²) in [6, 6.07) is 15.6. The van der Waals surface area contributed by atoms with Gasteiger partial charge in [0.05, 0.1) is 14.2 Å². The number of nitrogens with one attached hydrogen (secondary N) is 1. The van der Waals surface area contributed by atoms with E-state index < -0.39 is 0 Å². The first-order valence-electron chi connectivity index (χ1n) is 6.91. The SMILES string of the molecule is COc1ccc(NC(=S)N(C)Cc2cccc(OC)c2)cc1. The topological polar surface area (TPSA) is 33.7 Å². The summed E-state index contributed by atoms with van der Waals surface area (Å²) in [6.07, 6.45) is 0. The molecule has 0 aliphatic carbocycles. The predicted octanol–water partition coefficient (Wildman–Crippen LogP) is 3.53. The number of nitrogens with zero attached hydrogens (tertiary/aromatic N) is 1. The Balaban J connectivity index is 1.96. The molecule has 0 aliphatic heterocycles. The largest absolute Gasteiger partial charge is 0.497 e. The monoisotopic (exact) mass is 316 g/mol. The van der Waals surface area contributed by atoms with E-state index in [2.05, 4.69) is 11.4 Å². The fourth-order valence-electron chi connectivity index (χ4n) is 2.01. The van der Waals surface area contributed by atoms with Crippen LogP contribution < -0.4 is 14.8 Å². The van der Waals surface area contributed by atoms with Crippen molar-refractivity contribution in [2.45, 2.75) is 6.54 Å². The molecule has 0 fully saturated rings. The van der Waals surface area contributed by atoms with Gasteiger partial charge in [0, 0.05) is 19.3 Å². The van der Waals surface area contributed by atoms with Gasteiger partial charge in [-0.25, -0.2) is 0 Å². The van der Waals surface area contributed by atoms with E-state index in [9.17, 15) is 0 Å². The third-order valence-corrected chi connectivity index (χ3v) is 3.66. The van der Waals surface area contributed by atoms with Crippen molar-refractivity contribution in [1.29, 1.82) is 0 Å². The number of methoxy groups -OCH3 is 2. The smallest absolute Gasteiger partial charge is 0.173 e. The summed E-state index contributed by atoms with van der Waals surface area (Å²) in [5.41, 5.74) is 2.07. The average Bonchev–Trinajstić information content (AvgIpc) is 2.55. The Bertz CT molecular complexity index is 629. The fourth-order valence-corrected chi connectivity index (χ4v) is 2.19. The Morgan fingerprint density at radius 2 is 1.73 bits per heavy atom. The first-order chi connectivity index (χ1) is 10.6. The van der Waals surface area contributed by atoms with Crippen LogP contribution in [0.4, 0.5) is 5.69 Å². The average molecular weight is 316 g/mol. The van der Waals surface area contributed by atoms with Crippen molar-refractivity contribution in [3.63, 3.8) is 0 Å². The van der Waals surface area contributed by atoms with Crippen molar-refractivity contribution in [2.75, 3.05) is 26.6 Å². The minimum Gasteiger partial charge on any atom is -0.497 e. The number of thiocarbonyl (C=S) groups is 1. The molecule has 0 aromatic heterocycles. The van der Waals surface area contributed by atoms with Crippen LogP contribution in [0.25, 0.3) is 0 Å². The Kier molecular flexibility index (Phi) is 5.61. The molecule has 0 unspecified atom stereocenters. The van der Waals surface area contributed by atoms with Crippen molar-refractivity contribution >= 4 is 23.0 Å². The van der Waals surface area contributed by atoms with Crippen LogP contribution in [-0.2, 0) is 6.54 Å². The van der Waals surface area contributed by atoms with E-state index in [1.807, 2.05) is 54.4 Å². The summed E-state index contributed by atoms with van der Waals surface area (Å²) in [5.74, 6) is 1.67. The van der Waals surface area contributed by atoms with Gasteiger partial charge in [0.1, 0.15) is 11.5 Å². The van der Waals surface area contributed by atoms with Crippen LogP contribution in [0.1, 0.15) is 5.56 Å². The molecule has 0 saturated heterocycles. The molecule has 0 spiro atoms. The lowest BCUT2D eigenvalue weighted by molar-refractivity contribution is 0.413. The fraction of sp³-hybridized carbons (Fsp3) is 0.235. The van der Waals surface area contributed by atoms with Gasteiger partial charge in [-0.15, -0.1) is 0 Å². The van der Waals surface area contributed by atoms with E-state index in [4.69, 9.17) is 21.7 Å². The summed E-state index contributed by atoms with van der Waals surface area (Å²) >= 11 is 5.43. The molecule has 1 N–H and O–H groups in total. The van der Waals surface area contributed by atoms with Crippen LogP contribution in [0.15, 0.2) is 48.5 Å². The zero-order chi connectivity index (χ0) is 15.9. The number of hydrogen-bond donors (Lipinski definition) is 1. The second-order valence-corrected chi connectivity index (χ2v) is 5.25. The maximum atomic E-state index is 5.43. The number of hydrogen-bond acceptors (Lipinski definition) is 3. The lowest BCUT2D eigenvalue weighted by atomic mass is 10.2. The number of benzene rings is 2. The Hall–Kier alpha value is -2.27. The molecular formula is C17H20N2O2S. The minimum atomic E-state index is 0.660. The van der Waals surface area contributed by atoms with E-state index in [-0.39, 0.29) is 0 Å². The maximum Gasteiger partial charge on any atom is 0.173 e. The van der Waals surface area contributed by atoms with Crippen molar-refractivity contribution < 1.29 is 9.47 Å². The number of anilines is 1. The van der Waals surface area contributed by atoms with Gasteiger partial charge in [0.25, 0.3) is 0 Å². The van der Waals surface area contributed by atoms with Crippen molar-refractivity contribution in [3.8, 4) is 11.5 Å². The normalized spacial score (nSPS) is 9.95. The molecular weight excluding hydrogens is 296 g/mol. The summed E-state index contributed by atoms with van der Waals surface area (Å²) in [6.45, 7) is 0.708. The Labute approximate surface area is 136 Å². The van der Waals surface area contributed by atoms with Gasteiger partial charge in [-0.1, -0.05) is 12.1 Å². The Morgan fingerprint density at radius 3 is 2.36 bits per heavy atom. The van der Waals surface area contributed by atoms with Crippen molar-refractivity contribution in [1.82, 2.24) is 4.90 Å². The highest BCUT2D eigenvalue weighted by atomic mass is 32.1. The number of ether oxygens (including phenoxy) is 2. The quantitative estimate of drug-likeness (QED) is 0.854. The molecule has 4 nitrogen and oxygen atoms in total. The van der Waals surface area contributed by atoms with Crippen LogP contribution in [-0.4, -0.2) is 31.3 Å². The van der Waals surface area contributed by atoms with E-state index in [0.29, 0.717) is 11.7 Å². The van der Waals surface area contributed by atoms with Crippen molar-refractivity contribution in [3.05, 3.63) is 54.1 Å². The van der Waals surface area contributed by atoms with Gasteiger partial charge < -0.3 is 19.7 Å². The molecule has 0 aliphatic rings. The van der Waals surface area contributed by atoms with Crippen molar-refractivity contribution in [2.24, 2.45) is 0 Å². The highest BCUT2D eigenvalue weighted by Gasteiger charge is 2.06. The molecule has 2 aromatic rings. The van der Waals surface area contributed by atoms with Gasteiger partial charge in [-0.3, -0.25) is 0 Å². The third kappa shape index (κ3) is 4.36. The highest BCUT2D eigenvalue weighted by molar-refractivity contribution is 7.80. The second-order valence-electron chi connectivity index (χ2n) is 4.87. The van der Waals surface area contributed by atoms with Crippen LogP contribution in [0, 0.1) is 0 Å². The van der Waals surface area contributed by atoms with Crippen LogP contribution in [0.5, 0.6) is 11.5 Å². The lowest BCUT2D eigenvalue weighted by Gasteiger charge is -2.21. The van der Waals surface area contributed by atoms with Gasteiger partial charge in [0.15, 0.2) is 5.11 Å². The van der Waals surface area contributed by atoms with E-state index in [1.54, 1.807) is 14.2 Å². The molecule has 0 radical (unpaired) electrons. The maximum absolute atomic E-state index is 5.43. The van der Waals surface area contributed by atoms with E-state index in [0.717, 1.165) is 22.7 Å². The molecule has 2 rings (SSSR count). The van der Waals surface area contributed by atoms with Crippen LogP contribution in [0.3, 0.4) is 0 Å². The lowest BCUT2D eigenvalue weighted by Crippen LogP contribution is -2.30. The molecule has 0 heterocycles. The van der Waals surface area contributed by atoms with Crippen LogP contribution in [0.2, 0.25) is 0 Å².